The standard InChI is InChI=1S/C24H28O6S/c1-4-13-29-17(3)30-22-9-6-18(7-10-22)19-8-11-23-21(15-19)16-20(24(25)28-5-2)12-14-31(23,26)27/h6-11,15-17H,4-5,12-14H2,1-3H3. The van der Waals surface area contributed by atoms with Crippen LogP contribution in [0.25, 0.3) is 17.2 Å². The number of esters is 1. The summed E-state index contributed by atoms with van der Waals surface area (Å²) in [6.07, 6.45) is 2.35. The molecule has 166 valence electrons. The van der Waals surface area contributed by atoms with Crippen molar-refractivity contribution in [1.29, 1.82) is 0 Å². The summed E-state index contributed by atoms with van der Waals surface area (Å²) in [6, 6.07) is 12.7. The Kier molecular flexibility index (Phi) is 7.51. The van der Waals surface area contributed by atoms with Gasteiger partial charge in [0.2, 0.25) is 0 Å². The summed E-state index contributed by atoms with van der Waals surface area (Å²) in [5, 5.41) is 0. The van der Waals surface area contributed by atoms with Crippen LogP contribution in [0.3, 0.4) is 0 Å². The molecule has 0 bridgehead atoms. The van der Waals surface area contributed by atoms with Crippen molar-refractivity contribution in [3.8, 4) is 16.9 Å². The molecule has 3 rings (SSSR count). The first-order valence-corrected chi connectivity index (χ1v) is 12.1. The highest BCUT2D eigenvalue weighted by Crippen LogP contribution is 2.31. The molecule has 2 aromatic carbocycles. The van der Waals surface area contributed by atoms with E-state index in [0.29, 0.717) is 23.5 Å². The van der Waals surface area contributed by atoms with Gasteiger partial charge >= 0.3 is 5.97 Å². The Labute approximate surface area is 183 Å². The molecule has 1 atom stereocenters. The van der Waals surface area contributed by atoms with E-state index in [1.54, 1.807) is 31.2 Å². The van der Waals surface area contributed by atoms with Crippen LogP contribution in [-0.2, 0) is 24.1 Å². The fraction of sp³-hybridized carbons (Fsp3) is 0.375. The van der Waals surface area contributed by atoms with Gasteiger partial charge in [0.05, 0.1) is 23.9 Å². The van der Waals surface area contributed by atoms with Crippen molar-refractivity contribution in [2.45, 2.75) is 44.8 Å². The van der Waals surface area contributed by atoms with E-state index in [-0.39, 0.29) is 30.0 Å². The third-order valence-electron chi connectivity index (χ3n) is 4.90. The largest absolute Gasteiger partial charge is 0.465 e. The Morgan fingerprint density at radius 1 is 1.06 bits per heavy atom. The molecule has 1 heterocycles. The Bertz CT molecular complexity index is 1050. The highest BCUT2D eigenvalue weighted by Gasteiger charge is 2.25. The van der Waals surface area contributed by atoms with Crippen molar-refractivity contribution in [1.82, 2.24) is 0 Å². The van der Waals surface area contributed by atoms with Crippen LogP contribution >= 0.6 is 0 Å². The number of hydrogen-bond acceptors (Lipinski definition) is 6. The monoisotopic (exact) mass is 444 g/mol. The van der Waals surface area contributed by atoms with Gasteiger partial charge in [-0.15, -0.1) is 0 Å². The van der Waals surface area contributed by atoms with Gasteiger partial charge in [-0.3, -0.25) is 0 Å². The van der Waals surface area contributed by atoms with Crippen LogP contribution in [-0.4, -0.2) is 39.6 Å². The minimum Gasteiger partial charge on any atom is -0.465 e. The van der Waals surface area contributed by atoms with E-state index < -0.39 is 15.8 Å². The molecule has 0 radical (unpaired) electrons. The summed E-state index contributed by atoms with van der Waals surface area (Å²) in [6.45, 7) is 6.50. The zero-order valence-electron chi connectivity index (χ0n) is 18.1. The Hall–Kier alpha value is -2.64. The summed E-state index contributed by atoms with van der Waals surface area (Å²) in [5.74, 6) is 0.0972. The van der Waals surface area contributed by atoms with E-state index >= 15 is 0 Å². The number of fused-ring (bicyclic) bond motifs is 1. The van der Waals surface area contributed by atoms with Crippen molar-refractivity contribution < 1.29 is 27.4 Å². The molecule has 0 spiro atoms. The lowest BCUT2D eigenvalue weighted by Crippen LogP contribution is -2.16. The Balaban J connectivity index is 1.89. The van der Waals surface area contributed by atoms with E-state index in [1.165, 1.54) is 0 Å². The Morgan fingerprint density at radius 3 is 2.45 bits per heavy atom. The van der Waals surface area contributed by atoms with E-state index in [0.717, 1.165) is 17.5 Å². The van der Waals surface area contributed by atoms with Gasteiger partial charge in [-0.1, -0.05) is 25.1 Å². The van der Waals surface area contributed by atoms with Crippen molar-refractivity contribution >= 4 is 21.9 Å². The predicted molar refractivity (Wildman–Crippen MR) is 119 cm³/mol. The molecule has 0 saturated heterocycles. The minimum atomic E-state index is -3.48. The molecular formula is C24H28O6S. The predicted octanol–water partition coefficient (Wildman–Crippen LogP) is 4.63. The number of carbonyl (C=O) groups is 1. The molecule has 1 aliphatic rings. The van der Waals surface area contributed by atoms with Gasteiger partial charge in [0.1, 0.15) is 5.75 Å². The lowest BCUT2D eigenvalue weighted by molar-refractivity contribution is -0.138. The van der Waals surface area contributed by atoms with Gasteiger partial charge in [-0.05, 0) is 73.7 Å². The van der Waals surface area contributed by atoms with Crippen LogP contribution in [0.4, 0.5) is 0 Å². The molecule has 0 saturated carbocycles. The van der Waals surface area contributed by atoms with Gasteiger partial charge < -0.3 is 14.2 Å². The van der Waals surface area contributed by atoms with Crippen molar-refractivity contribution in [2.24, 2.45) is 0 Å². The minimum absolute atomic E-state index is 0.117. The SMILES string of the molecule is CCCOC(C)Oc1ccc(-c2ccc3c(c2)C=C(C(=O)OCC)CCS3(=O)=O)cc1. The van der Waals surface area contributed by atoms with Crippen LogP contribution in [0.2, 0.25) is 0 Å². The normalized spacial score (nSPS) is 15.9. The van der Waals surface area contributed by atoms with E-state index in [9.17, 15) is 13.2 Å². The summed E-state index contributed by atoms with van der Waals surface area (Å²) >= 11 is 0. The molecule has 0 aliphatic carbocycles. The zero-order chi connectivity index (χ0) is 22.4. The topological polar surface area (TPSA) is 78.9 Å². The fourth-order valence-electron chi connectivity index (χ4n) is 3.36. The van der Waals surface area contributed by atoms with Gasteiger partial charge in [0.25, 0.3) is 0 Å². The van der Waals surface area contributed by atoms with Crippen molar-refractivity contribution in [3.05, 3.63) is 53.6 Å². The molecule has 0 N–H and O–H groups in total. The summed E-state index contributed by atoms with van der Waals surface area (Å²) in [4.78, 5) is 12.4. The van der Waals surface area contributed by atoms with Crippen LogP contribution in [0.15, 0.2) is 52.9 Å². The molecule has 2 aromatic rings. The number of rotatable bonds is 8. The summed E-state index contributed by atoms with van der Waals surface area (Å²) in [5.41, 5.74) is 2.62. The van der Waals surface area contributed by atoms with E-state index in [2.05, 4.69) is 0 Å². The maximum Gasteiger partial charge on any atom is 0.334 e. The first-order valence-electron chi connectivity index (χ1n) is 10.5. The Morgan fingerprint density at radius 2 is 1.77 bits per heavy atom. The smallest absolute Gasteiger partial charge is 0.334 e. The first-order chi connectivity index (χ1) is 14.8. The third-order valence-corrected chi connectivity index (χ3v) is 6.68. The van der Waals surface area contributed by atoms with E-state index in [4.69, 9.17) is 14.2 Å². The molecule has 1 unspecified atom stereocenters. The number of sulfone groups is 1. The van der Waals surface area contributed by atoms with Gasteiger partial charge in [0, 0.05) is 5.57 Å². The summed E-state index contributed by atoms with van der Waals surface area (Å²) in [7, 11) is -3.48. The second-order valence-corrected chi connectivity index (χ2v) is 9.37. The average molecular weight is 445 g/mol. The van der Waals surface area contributed by atoms with E-state index in [1.807, 2.05) is 38.1 Å². The highest BCUT2D eigenvalue weighted by molar-refractivity contribution is 7.91. The first kappa shape index (κ1) is 23.0. The summed E-state index contributed by atoms with van der Waals surface area (Å²) < 4.78 is 41.7. The van der Waals surface area contributed by atoms with Gasteiger partial charge in [-0.2, -0.15) is 0 Å². The molecule has 0 amide bonds. The lowest BCUT2D eigenvalue weighted by Gasteiger charge is -2.15. The second-order valence-electron chi connectivity index (χ2n) is 7.29. The number of hydrogen-bond donors (Lipinski definition) is 0. The quantitative estimate of drug-likeness (QED) is 0.436. The number of carbonyl (C=O) groups excluding carboxylic acids is 1. The van der Waals surface area contributed by atoms with Crippen LogP contribution in [0.1, 0.15) is 39.2 Å². The molecule has 0 aromatic heterocycles. The van der Waals surface area contributed by atoms with Crippen LogP contribution < -0.4 is 4.74 Å². The fourth-order valence-corrected chi connectivity index (χ4v) is 4.82. The molecule has 0 fully saturated rings. The van der Waals surface area contributed by atoms with Crippen molar-refractivity contribution in [3.63, 3.8) is 0 Å². The highest BCUT2D eigenvalue weighted by atomic mass is 32.2. The molecule has 7 heteroatoms. The van der Waals surface area contributed by atoms with Crippen LogP contribution in [0.5, 0.6) is 5.75 Å². The lowest BCUT2D eigenvalue weighted by atomic mass is 10.0. The van der Waals surface area contributed by atoms with Crippen molar-refractivity contribution in [2.75, 3.05) is 19.0 Å². The molecule has 6 nitrogen and oxygen atoms in total. The van der Waals surface area contributed by atoms with Crippen LogP contribution in [0, 0.1) is 0 Å². The number of benzene rings is 2. The second kappa shape index (κ2) is 10.1. The third kappa shape index (κ3) is 5.74. The molecular weight excluding hydrogens is 416 g/mol. The number of ether oxygens (including phenoxy) is 3. The maximum atomic E-state index is 12.7. The average Bonchev–Trinajstić information content (AvgIpc) is 2.88. The van der Waals surface area contributed by atoms with Gasteiger partial charge in [-0.25, -0.2) is 13.2 Å². The molecule has 31 heavy (non-hydrogen) atoms. The van der Waals surface area contributed by atoms with Gasteiger partial charge in [0.15, 0.2) is 16.1 Å². The maximum absolute atomic E-state index is 12.7. The molecule has 1 aliphatic heterocycles. The zero-order valence-corrected chi connectivity index (χ0v) is 18.9.